The summed E-state index contributed by atoms with van der Waals surface area (Å²) in [6.45, 7) is 4.26. The summed E-state index contributed by atoms with van der Waals surface area (Å²) in [5.74, 6) is -0.283. The fraction of sp³-hybridized carbons (Fsp3) is 0.571. The van der Waals surface area contributed by atoms with E-state index < -0.39 is 0 Å². The van der Waals surface area contributed by atoms with Crippen molar-refractivity contribution >= 4 is 5.69 Å². The summed E-state index contributed by atoms with van der Waals surface area (Å²) in [7, 11) is 0. The molecule has 0 radical (unpaired) electrons. The molecule has 90 valence electrons. The molecular formula is C14H22FN. The second kappa shape index (κ2) is 6.51. The minimum absolute atomic E-state index is 0.280. The normalized spacial score (nSPS) is 10.7. The molecule has 1 nitrogen and oxygen atoms in total. The van der Waals surface area contributed by atoms with E-state index in [0.717, 1.165) is 18.4 Å². The molecule has 0 saturated carbocycles. The molecule has 0 heterocycles. The van der Waals surface area contributed by atoms with Gasteiger partial charge in [0.25, 0.3) is 0 Å². The van der Waals surface area contributed by atoms with Gasteiger partial charge in [-0.15, -0.1) is 0 Å². The smallest absolute Gasteiger partial charge is 0.146 e. The van der Waals surface area contributed by atoms with E-state index in [1.807, 2.05) is 0 Å². The first kappa shape index (κ1) is 13.0. The summed E-state index contributed by atoms with van der Waals surface area (Å²) in [5, 5.41) is 0. The molecule has 1 rings (SSSR count). The van der Waals surface area contributed by atoms with E-state index in [1.54, 1.807) is 12.1 Å². The molecule has 2 heteroatoms. The highest BCUT2D eigenvalue weighted by Crippen LogP contribution is 2.20. The Morgan fingerprint density at radius 2 is 1.81 bits per heavy atom. The zero-order valence-electron chi connectivity index (χ0n) is 10.4. The van der Waals surface area contributed by atoms with Crippen molar-refractivity contribution in [3.8, 4) is 0 Å². The third-order valence-corrected chi connectivity index (χ3v) is 3.00. The second-order valence-electron chi connectivity index (χ2n) is 4.31. The minimum atomic E-state index is -0.283. The van der Waals surface area contributed by atoms with Crippen molar-refractivity contribution in [1.29, 1.82) is 0 Å². The molecule has 0 atom stereocenters. The van der Waals surface area contributed by atoms with Gasteiger partial charge in [-0.05, 0) is 42.5 Å². The van der Waals surface area contributed by atoms with Gasteiger partial charge in [-0.3, -0.25) is 0 Å². The van der Waals surface area contributed by atoms with Crippen LogP contribution in [0.15, 0.2) is 12.1 Å². The van der Waals surface area contributed by atoms with Crippen LogP contribution in [0.5, 0.6) is 0 Å². The largest absolute Gasteiger partial charge is 0.396 e. The number of hydrogen-bond acceptors (Lipinski definition) is 1. The van der Waals surface area contributed by atoms with Crippen LogP contribution in [0.3, 0.4) is 0 Å². The third kappa shape index (κ3) is 3.51. The van der Waals surface area contributed by atoms with Gasteiger partial charge < -0.3 is 5.73 Å². The monoisotopic (exact) mass is 223 g/mol. The molecule has 0 aliphatic carbocycles. The SMILES string of the molecule is CCCCCCc1cc(N)c(F)cc1CC. The topological polar surface area (TPSA) is 26.0 Å². The van der Waals surface area contributed by atoms with E-state index in [9.17, 15) is 4.39 Å². The lowest BCUT2D eigenvalue weighted by molar-refractivity contribution is 0.626. The maximum Gasteiger partial charge on any atom is 0.146 e. The van der Waals surface area contributed by atoms with Gasteiger partial charge in [-0.25, -0.2) is 4.39 Å². The summed E-state index contributed by atoms with van der Waals surface area (Å²) < 4.78 is 13.3. The van der Waals surface area contributed by atoms with Gasteiger partial charge in [0, 0.05) is 0 Å². The van der Waals surface area contributed by atoms with Gasteiger partial charge in [0.1, 0.15) is 5.82 Å². The molecule has 0 aliphatic rings. The van der Waals surface area contributed by atoms with Gasteiger partial charge in [0.2, 0.25) is 0 Å². The molecule has 0 unspecified atom stereocenters. The van der Waals surface area contributed by atoms with Crippen LogP contribution in [0.4, 0.5) is 10.1 Å². The Balaban J connectivity index is 2.66. The highest BCUT2D eigenvalue weighted by atomic mass is 19.1. The van der Waals surface area contributed by atoms with Crippen LogP contribution in [-0.2, 0) is 12.8 Å². The van der Waals surface area contributed by atoms with E-state index in [2.05, 4.69) is 13.8 Å². The Bertz CT molecular complexity index is 334. The van der Waals surface area contributed by atoms with E-state index >= 15 is 0 Å². The summed E-state index contributed by atoms with van der Waals surface area (Å²) in [6, 6.07) is 3.39. The quantitative estimate of drug-likeness (QED) is 0.570. The van der Waals surface area contributed by atoms with Crippen molar-refractivity contribution in [2.24, 2.45) is 0 Å². The highest BCUT2D eigenvalue weighted by Gasteiger charge is 2.06. The van der Waals surface area contributed by atoms with Crippen LogP contribution in [0.25, 0.3) is 0 Å². The Hall–Kier alpha value is -1.05. The first-order chi connectivity index (χ1) is 7.69. The third-order valence-electron chi connectivity index (χ3n) is 3.00. The van der Waals surface area contributed by atoms with E-state index in [0.29, 0.717) is 0 Å². The second-order valence-corrected chi connectivity index (χ2v) is 4.31. The van der Waals surface area contributed by atoms with E-state index in [1.165, 1.54) is 31.2 Å². The van der Waals surface area contributed by atoms with E-state index in [-0.39, 0.29) is 11.5 Å². The van der Waals surface area contributed by atoms with Crippen LogP contribution >= 0.6 is 0 Å². The van der Waals surface area contributed by atoms with Gasteiger partial charge in [0.15, 0.2) is 0 Å². The number of unbranched alkanes of at least 4 members (excludes halogenated alkanes) is 3. The average molecular weight is 223 g/mol. The zero-order chi connectivity index (χ0) is 12.0. The molecule has 0 aliphatic heterocycles. The van der Waals surface area contributed by atoms with Crippen molar-refractivity contribution < 1.29 is 4.39 Å². The fourth-order valence-electron chi connectivity index (χ4n) is 1.98. The molecule has 16 heavy (non-hydrogen) atoms. The molecule has 1 aromatic rings. The molecule has 0 fully saturated rings. The molecule has 0 spiro atoms. The standard InChI is InChI=1S/C14H22FN/c1-3-5-6-7-8-12-10-14(16)13(15)9-11(12)4-2/h9-10H,3-8,16H2,1-2H3. The van der Waals surface area contributed by atoms with Gasteiger partial charge in [-0.2, -0.15) is 0 Å². The first-order valence-corrected chi connectivity index (χ1v) is 6.25. The van der Waals surface area contributed by atoms with Gasteiger partial charge in [0.05, 0.1) is 5.69 Å². The van der Waals surface area contributed by atoms with Crippen molar-refractivity contribution in [3.05, 3.63) is 29.1 Å². The van der Waals surface area contributed by atoms with Crippen LogP contribution in [0.1, 0.15) is 50.7 Å². The van der Waals surface area contributed by atoms with Crippen molar-refractivity contribution in [3.63, 3.8) is 0 Å². The van der Waals surface area contributed by atoms with Crippen LogP contribution < -0.4 is 5.73 Å². The zero-order valence-corrected chi connectivity index (χ0v) is 10.4. The maximum absolute atomic E-state index is 13.3. The van der Waals surface area contributed by atoms with Gasteiger partial charge >= 0.3 is 0 Å². The maximum atomic E-state index is 13.3. The summed E-state index contributed by atoms with van der Waals surface area (Å²) in [4.78, 5) is 0. The summed E-state index contributed by atoms with van der Waals surface area (Å²) in [6.07, 6.45) is 6.83. The van der Waals surface area contributed by atoms with Crippen molar-refractivity contribution in [2.45, 2.75) is 52.4 Å². The number of rotatable bonds is 6. The number of anilines is 1. The summed E-state index contributed by atoms with van der Waals surface area (Å²) >= 11 is 0. The molecule has 2 N–H and O–H groups in total. The predicted octanol–water partition coefficient (Wildman–Crippen LogP) is 4.09. The van der Waals surface area contributed by atoms with Crippen molar-refractivity contribution in [1.82, 2.24) is 0 Å². The Morgan fingerprint density at radius 3 is 2.44 bits per heavy atom. The van der Waals surface area contributed by atoms with Crippen molar-refractivity contribution in [2.75, 3.05) is 5.73 Å². The fourth-order valence-corrected chi connectivity index (χ4v) is 1.98. The number of benzene rings is 1. The number of aryl methyl sites for hydroxylation is 2. The summed E-state index contributed by atoms with van der Waals surface area (Å²) in [5.41, 5.74) is 8.20. The number of nitrogen functional groups attached to an aromatic ring is 1. The van der Waals surface area contributed by atoms with Crippen LogP contribution in [0.2, 0.25) is 0 Å². The first-order valence-electron chi connectivity index (χ1n) is 6.25. The lowest BCUT2D eigenvalue weighted by Gasteiger charge is -2.09. The Labute approximate surface area is 97.9 Å². The molecular weight excluding hydrogens is 201 g/mol. The molecule has 0 saturated heterocycles. The number of nitrogens with two attached hydrogens (primary N) is 1. The Kier molecular flexibility index (Phi) is 5.30. The molecule has 0 bridgehead atoms. The molecule has 0 aromatic heterocycles. The molecule has 0 amide bonds. The predicted molar refractivity (Wildman–Crippen MR) is 68.0 cm³/mol. The lowest BCUT2D eigenvalue weighted by atomic mass is 9.98. The highest BCUT2D eigenvalue weighted by molar-refractivity contribution is 5.46. The lowest BCUT2D eigenvalue weighted by Crippen LogP contribution is -1.99. The van der Waals surface area contributed by atoms with Gasteiger partial charge in [-0.1, -0.05) is 33.1 Å². The Morgan fingerprint density at radius 1 is 1.06 bits per heavy atom. The number of halogens is 1. The average Bonchev–Trinajstić information content (AvgIpc) is 2.28. The molecule has 1 aromatic carbocycles. The van der Waals surface area contributed by atoms with E-state index in [4.69, 9.17) is 5.73 Å². The minimum Gasteiger partial charge on any atom is -0.396 e. The number of hydrogen-bond donors (Lipinski definition) is 1. The van der Waals surface area contributed by atoms with Crippen LogP contribution in [-0.4, -0.2) is 0 Å². The van der Waals surface area contributed by atoms with Crippen LogP contribution in [0, 0.1) is 5.82 Å².